The highest BCUT2D eigenvalue weighted by Crippen LogP contribution is 2.10. The van der Waals surface area contributed by atoms with Gasteiger partial charge in [0.25, 0.3) is 5.91 Å². The van der Waals surface area contributed by atoms with E-state index in [-0.39, 0.29) is 5.91 Å². The topological polar surface area (TPSA) is 78.7 Å². The molecule has 2 aromatic rings. The Morgan fingerprint density at radius 3 is 2.56 bits per heavy atom. The predicted octanol–water partition coefficient (Wildman–Crippen LogP) is 2.92. The Morgan fingerprint density at radius 2 is 1.88 bits per heavy atom. The zero-order valence-corrected chi connectivity index (χ0v) is 15.8. The fourth-order valence-corrected chi connectivity index (χ4v) is 2.37. The summed E-state index contributed by atoms with van der Waals surface area (Å²) in [4.78, 5) is 16.4. The molecule has 134 valence electrons. The van der Waals surface area contributed by atoms with Gasteiger partial charge >= 0.3 is 0 Å². The monoisotopic (exact) mass is 406 g/mol. The molecular formula is C18H23BrN4O2. The second-order valence-corrected chi connectivity index (χ2v) is 6.23. The lowest BCUT2D eigenvalue weighted by Crippen LogP contribution is -2.38. The van der Waals surface area contributed by atoms with Gasteiger partial charge in [-0.15, -0.1) is 0 Å². The van der Waals surface area contributed by atoms with Crippen molar-refractivity contribution >= 4 is 27.8 Å². The Bertz CT molecular complexity index is 669. The molecule has 0 spiro atoms. The zero-order chi connectivity index (χ0) is 17.9. The van der Waals surface area contributed by atoms with E-state index in [9.17, 15) is 4.79 Å². The smallest absolute Gasteiger partial charge is 0.251 e. The van der Waals surface area contributed by atoms with Crippen LogP contribution in [-0.4, -0.2) is 31.5 Å². The molecule has 0 saturated carbocycles. The molecule has 7 heteroatoms. The molecule has 0 aliphatic rings. The number of halogens is 1. The van der Waals surface area contributed by atoms with E-state index in [1.807, 2.05) is 31.2 Å². The minimum Gasteiger partial charge on any atom is -0.467 e. The highest BCUT2D eigenvalue weighted by Gasteiger charge is 2.04. The Morgan fingerprint density at radius 1 is 1.12 bits per heavy atom. The van der Waals surface area contributed by atoms with E-state index in [2.05, 4.69) is 36.9 Å². The Kier molecular flexibility index (Phi) is 8.04. The maximum atomic E-state index is 12.0. The van der Waals surface area contributed by atoms with Crippen molar-refractivity contribution in [3.8, 4) is 0 Å². The van der Waals surface area contributed by atoms with Crippen LogP contribution in [0.25, 0.3) is 0 Å². The normalized spacial score (nSPS) is 11.2. The molecule has 0 atom stereocenters. The molecule has 0 saturated heterocycles. The largest absolute Gasteiger partial charge is 0.467 e. The summed E-state index contributed by atoms with van der Waals surface area (Å²) in [5.74, 6) is 1.49. The number of carbonyl (C=O) groups excluding carboxylic acids is 1. The fraction of sp³-hybridized carbons (Fsp3) is 0.333. The molecule has 0 radical (unpaired) electrons. The van der Waals surface area contributed by atoms with Crippen molar-refractivity contribution in [2.24, 2.45) is 4.99 Å². The van der Waals surface area contributed by atoms with Gasteiger partial charge in [-0.2, -0.15) is 0 Å². The van der Waals surface area contributed by atoms with Gasteiger partial charge in [0.2, 0.25) is 0 Å². The van der Waals surface area contributed by atoms with Crippen LogP contribution in [0.5, 0.6) is 0 Å². The summed E-state index contributed by atoms with van der Waals surface area (Å²) in [6.45, 7) is 4.60. The van der Waals surface area contributed by atoms with Crippen LogP contribution in [0.1, 0.15) is 29.5 Å². The van der Waals surface area contributed by atoms with E-state index < -0.39 is 0 Å². The van der Waals surface area contributed by atoms with Gasteiger partial charge in [0.1, 0.15) is 12.3 Å². The van der Waals surface area contributed by atoms with E-state index in [0.717, 1.165) is 29.2 Å². The third-order valence-corrected chi connectivity index (χ3v) is 3.88. The van der Waals surface area contributed by atoms with Gasteiger partial charge in [-0.3, -0.25) is 4.79 Å². The quantitative estimate of drug-likeness (QED) is 0.357. The van der Waals surface area contributed by atoms with Gasteiger partial charge < -0.3 is 20.4 Å². The maximum absolute atomic E-state index is 12.0. The summed E-state index contributed by atoms with van der Waals surface area (Å²) in [5, 5.41) is 9.33. The second kappa shape index (κ2) is 10.6. The van der Waals surface area contributed by atoms with Crippen LogP contribution < -0.4 is 16.0 Å². The number of carbonyl (C=O) groups is 1. The summed E-state index contributed by atoms with van der Waals surface area (Å²) in [7, 11) is 0. The van der Waals surface area contributed by atoms with E-state index in [1.54, 1.807) is 18.4 Å². The number of nitrogens with one attached hydrogen (secondary N) is 3. The predicted molar refractivity (Wildman–Crippen MR) is 103 cm³/mol. The molecule has 0 unspecified atom stereocenters. The van der Waals surface area contributed by atoms with Crippen LogP contribution in [0, 0.1) is 0 Å². The third-order valence-electron chi connectivity index (χ3n) is 3.36. The van der Waals surface area contributed by atoms with Crippen molar-refractivity contribution in [3.05, 3.63) is 58.5 Å². The minimum absolute atomic E-state index is 0.0640. The molecule has 0 aliphatic heterocycles. The molecule has 3 N–H and O–H groups in total. The first-order chi connectivity index (χ1) is 12.2. The van der Waals surface area contributed by atoms with E-state index in [0.29, 0.717) is 25.2 Å². The fourth-order valence-electron chi connectivity index (χ4n) is 2.10. The molecule has 0 fully saturated rings. The van der Waals surface area contributed by atoms with Crippen LogP contribution in [0.15, 0.2) is 56.5 Å². The van der Waals surface area contributed by atoms with Gasteiger partial charge in [0.05, 0.1) is 6.26 Å². The van der Waals surface area contributed by atoms with E-state index in [1.165, 1.54) is 0 Å². The van der Waals surface area contributed by atoms with Crippen LogP contribution in [0.4, 0.5) is 0 Å². The lowest BCUT2D eigenvalue weighted by atomic mass is 10.2. The van der Waals surface area contributed by atoms with Crippen LogP contribution in [0.2, 0.25) is 0 Å². The molecule has 1 aromatic carbocycles. The Balaban J connectivity index is 1.68. The molecule has 0 aliphatic carbocycles. The van der Waals surface area contributed by atoms with Gasteiger partial charge in [-0.25, -0.2) is 4.99 Å². The number of benzene rings is 1. The number of amides is 1. The first-order valence-electron chi connectivity index (χ1n) is 8.27. The van der Waals surface area contributed by atoms with Crippen molar-refractivity contribution in [3.63, 3.8) is 0 Å². The molecule has 1 heterocycles. The number of furan rings is 1. The summed E-state index contributed by atoms with van der Waals surface area (Å²) < 4.78 is 6.22. The summed E-state index contributed by atoms with van der Waals surface area (Å²) in [6.07, 6.45) is 2.44. The standard InChI is InChI=1S/C18H23BrN4O2/c1-2-20-18(23-13-16-5-3-12-25-16)22-11-4-10-21-17(24)14-6-8-15(19)9-7-14/h3,5-9,12H,2,4,10-11,13H2,1H3,(H,21,24)(H2,20,22,23). The molecule has 1 amide bonds. The highest BCUT2D eigenvalue weighted by molar-refractivity contribution is 9.10. The minimum atomic E-state index is -0.0640. The van der Waals surface area contributed by atoms with Crippen molar-refractivity contribution in [2.45, 2.75) is 19.9 Å². The van der Waals surface area contributed by atoms with E-state index >= 15 is 0 Å². The van der Waals surface area contributed by atoms with Gasteiger partial charge in [0, 0.05) is 29.7 Å². The van der Waals surface area contributed by atoms with Gasteiger partial charge in [-0.1, -0.05) is 15.9 Å². The number of hydrogen-bond acceptors (Lipinski definition) is 3. The molecule has 6 nitrogen and oxygen atoms in total. The molecule has 2 rings (SSSR count). The van der Waals surface area contributed by atoms with Crippen molar-refractivity contribution in [1.82, 2.24) is 16.0 Å². The molecule has 1 aromatic heterocycles. The average Bonchev–Trinajstić information content (AvgIpc) is 3.13. The van der Waals surface area contributed by atoms with Crippen molar-refractivity contribution in [1.29, 1.82) is 0 Å². The summed E-state index contributed by atoms with van der Waals surface area (Å²) in [6, 6.07) is 11.0. The number of guanidine groups is 1. The summed E-state index contributed by atoms with van der Waals surface area (Å²) >= 11 is 3.36. The first-order valence-corrected chi connectivity index (χ1v) is 9.06. The second-order valence-electron chi connectivity index (χ2n) is 5.32. The van der Waals surface area contributed by atoms with Crippen LogP contribution >= 0.6 is 15.9 Å². The summed E-state index contributed by atoms with van der Waals surface area (Å²) in [5.41, 5.74) is 0.657. The molecule has 0 bridgehead atoms. The number of nitrogens with zero attached hydrogens (tertiary/aromatic N) is 1. The van der Waals surface area contributed by atoms with E-state index in [4.69, 9.17) is 4.42 Å². The zero-order valence-electron chi connectivity index (χ0n) is 14.2. The molecule has 25 heavy (non-hydrogen) atoms. The van der Waals surface area contributed by atoms with Gasteiger partial charge in [-0.05, 0) is 49.7 Å². The molecular weight excluding hydrogens is 384 g/mol. The van der Waals surface area contributed by atoms with Crippen molar-refractivity contribution < 1.29 is 9.21 Å². The SMILES string of the molecule is CCNC(=NCc1ccco1)NCCCNC(=O)c1ccc(Br)cc1. The van der Waals surface area contributed by atoms with Crippen molar-refractivity contribution in [2.75, 3.05) is 19.6 Å². The van der Waals surface area contributed by atoms with Gasteiger partial charge in [0.15, 0.2) is 5.96 Å². The number of hydrogen-bond donors (Lipinski definition) is 3. The Labute approximate surface area is 156 Å². The first kappa shape index (κ1) is 19.1. The average molecular weight is 407 g/mol. The Hall–Kier alpha value is -2.28. The maximum Gasteiger partial charge on any atom is 0.251 e. The number of aliphatic imine (C=N–C) groups is 1. The number of rotatable bonds is 8. The highest BCUT2D eigenvalue weighted by atomic mass is 79.9. The van der Waals surface area contributed by atoms with Crippen LogP contribution in [-0.2, 0) is 6.54 Å². The van der Waals surface area contributed by atoms with Crippen LogP contribution in [0.3, 0.4) is 0 Å². The lowest BCUT2D eigenvalue weighted by molar-refractivity contribution is 0.0953. The lowest BCUT2D eigenvalue weighted by Gasteiger charge is -2.11. The third kappa shape index (κ3) is 7.01.